The van der Waals surface area contributed by atoms with Crippen LogP contribution in [0.3, 0.4) is 0 Å². The van der Waals surface area contributed by atoms with Gasteiger partial charge in [-0.2, -0.15) is 0 Å². The highest BCUT2D eigenvalue weighted by Crippen LogP contribution is 2.09. The molecule has 0 aliphatic carbocycles. The second-order valence-corrected chi connectivity index (χ2v) is 7.15. The molecule has 2 rings (SSSR count). The fourth-order valence-electron chi connectivity index (χ4n) is 1.96. The summed E-state index contributed by atoms with van der Waals surface area (Å²) in [4.78, 5) is 11.8. The Hall–Kier alpha value is -2.28. The Balaban J connectivity index is 1.88. The standard InChI is InChI=1S/C16H15F2NO3S/c17-14-7-6-13(10-15(14)18)16(20)19-8-9-23(21,22)11-12-4-2-1-3-5-12/h1-7,10H,8-9,11H2,(H,19,20). The van der Waals surface area contributed by atoms with Crippen LogP contribution in [-0.2, 0) is 15.6 Å². The van der Waals surface area contributed by atoms with Crippen molar-refractivity contribution in [3.63, 3.8) is 0 Å². The Kier molecular flexibility index (Phi) is 5.44. The molecular formula is C16H15F2NO3S. The lowest BCUT2D eigenvalue weighted by atomic mass is 10.2. The molecule has 0 bridgehead atoms. The van der Waals surface area contributed by atoms with Gasteiger partial charge in [-0.15, -0.1) is 0 Å². The van der Waals surface area contributed by atoms with Gasteiger partial charge in [0.1, 0.15) is 0 Å². The summed E-state index contributed by atoms with van der Waals surface area (Å²) in [7, 11) is -3.38. The monoisotopic (exact) mass is 339 g/mol. The van der Waals surface area contributed by atoms with E-state index < -0.39 is 27.4 Å². The molecule has 0 saturated carbocycles. The van der Waals surface area contributed by atoms with Gasteiger partial charge in [0, 0.05) is 12.1 Å². The van der Waals surface area contributed by atoms with Crippen molar-refractivity contribution in [2.24, 2.45) is 0 Å². The highest BCUT2D eigenvalue weighted by atomic mass is 32.2. The van der Waals surface area contributed by atoms with E-state index in [1.807, 2.05) is 0 Å². The first-order chi connectivity index (χ1) is 10.9. The number of nitrogens with one attached hydrogen (secondary N) is 1. The first kappa shape index (κ1) is 17.1. The van der Waals surface area contributed by atoms with E-state index in [-0.39, 0.29) is 23.6 Å². The molecular weight excluding hydrogens is 324 g/mol. The summed E-state index contributed by atoms with van der Waals surface area (Å²) in [5, 5.41) is 2.38. The second-order valence-electron chi connectivity index (χ2n) is 4.96. The fourth-order valence-corrected chi connectivity index (χ4v) is 3.22. The molecule has 4 nitrogen and oxygen atoms in total. The highest BCUT2D eigenvalue weighted by molar-refractivity contribution is 7.90. The summed E-state index contributed by atoms with van der Waals surface area (Å²) in [6.45, 7) is -0.104. The smallest absolute Gasteiger partial charge is 0.251 e. The molecule has 0 fully saturated rings. The summed E-state index contributed by atoms with van der Waals surface area (Å²) >= 11 is 0. The van der Waals surface area contributed by atoms with Gasteiger partial charge in [0.2, 0.25) is 0 Å². The molecule has 122 valence electrons. The minimum Gasteiger partial charge on any atom is -0.351 e. The van der Waals surface area contributed by atoms with Crippen molar-refractivity contribution in [3.05, 3.63) is 71.3 Å². The van der Waals surface area contributed by atoms with E-state index in [0.29, 0.717) is 5.56 Å². The van der Waals surface area contributed by atoms with E-state index in [0.717, 1.165) is 18.2 Å². The van der Waals surface area contributed by atoms with Crippen LogP contribution in [0.15, 0.2) is 48.5 Å². The van der Waals surface area contributed by atoms with Crippen LogP contribution < -0.4 is 5.32 Å². The van der Waals surface area contributed by atoms with Crippen LogP contribution in [0.25, 0.3) is 0 Å². The van der Waals surface area contributed by atoms with Crippen LogP contribution in [0.1, 0.15) is 15.9 Å². The zero-order valence-corrected chi connectivity index (χ0v) is 12.9. The average molecular weight is 339 g/mol. The van der Waals surface area contributed by atoms with Crippen LogP contribution in [0.5, 0.6) is 0 Å². The van der Waals surface area contributed by atoms with E-state index >= 15 is 0 Å². The van der Waals surface area contributed by atoms with Crippen molar-refractivity contribution in [1.82, 2.24) is 5.32 Å². The third kappa shape index (κ3) is 5.14. The lowest BCUT2D eigenvalue weighted by molar-refractivity contribution is 0.0955. The van der Waals surface area contributed by atoms with Gasteiger partial charge in [-0.1, -0.05) is 30.3 Å². The lowest BCUT2D eigenvalue weighted by Gasteiger charge is -2.07. The Bertz CT molecular complexity index is 792. The SMILES string of the molecule is O=C(NCCS(=O)(=O)Cc1ccccc1)c1ccc(F)c(F)c1. The summed E-state index contributed by atoms with van der Waals surface area (Å²) < 4.78 is 49.7. The minimum atomic E-state index is -3.38. The first-order valence-electron chi connectivity index (χ1n) is 6.85. The maximum Gasteiger partial charge on any atom is 0.251 e. The van der Waals surface area contributed by atoms with E-state index in [1.165, 1.54) is 0 Å². The first-order valence-corrected chi connectivity index (χ1v) is 8.67. The molecule has 0 aromatic heterocycles. The van der Waals surface area contributed by atoms with Crippen LogP contribution in [0.2, 0.25) is 0 Å². The Morgan fingerprint density at radius 3 is 2.35 bits per heavy atom. The Morgan fingerprint density at radius 1 is 1.00 bits per heavy atom. The number of benzene rings is 2. The summed E-state index contributed by atoms with van der Waals surface area (Å²) in [6.07, 6.45) is 0. The molecule has 2 aromatic rings. The van der Waals surface area contributed by atoms with Crippen molar-refractivity contribution < 1.29 is 22.0 Å². The van der Waals surface area contributed by atoms with Gasteiger partial charge in [-0.05, 0) is 23.8 Å². The number of amides is 1. The molecule has 0 saturated heterocycles. The number of carbonyl (C=O) groups is 1. The van der Waals surface area contributed by atoms with Gasteiger partial charge in [0.05, 0.1) is 11.5 Å². The van der Waals surface area contributed by atoms with Crippen LogP contribution in [0, 0.1) is 11.6 Å². The van der Waals surface area contributed by atoms with Crippen LogP contribution in [0.4, 0.5) is 8.78 Å². The van der Waals surface area contributed by atoms with Crippen molar-refractivity contribution in [3.8, 4) is 0 Å². The minimum absolute atomic E-state index is 0.0654. The van der Waals surface area contributed by atoms with Gasteiger partial charge >= 0.3 is 0 Å². The predicted molar refractivity (Wildman–Crippen MR) is 82.6 cm³/mol. The maximum absolute atomic E-state index is 13.0. The maximum atomic E-state index is 13.0. The Morgan fingerprint density at radius 2 is 1.70 bits per heavy atom. The largest absolute Gasteiger partial charge is 0.351 e. The molecule has 0 radical (unpaired) electrons. The third-order valence-electron chi connectivity index (χ3n) is 3.11. The number of hydrogen-bond acceptors (Lipinski definition) is 3. The Labute approximate surface area is 133 Å². The molecule has 0 heterocycles. The topological polar surface area (TPSA) is 63.2 Å². The number of hydrogen-bond donors (Lipinski definition) is 1. The quantitative estimate of drug-likeness (QED) is 0.878. The molecule has 0 unspecified atom stereocenters. The summed E-state index contributed by atoms with van der Waals surface area (Å²) in [5.41, 5.74) is 0.601. The second kappa shape index (κ2) is 7.32. The van der Waals surface area contributed by atoms with Crippen molar-refractivity contribution in [1.29, 1.82) is 0 Å². The number of rotatable bonds is 6. The molecule has 0 aliphatic rings. The number of carbonyl (C=O) groups excluding carboxylic acids is 1. The molecule has 1 N–H and O–H groups in total. The van der Waals surface area contributed by atoms with Gasteiger partial charge in [-0.3, -0.25) is 4.79 Å². The molecule has 7 heteroatoms. The molecule has 1 amide bonds. The van der Waals surface area contributed by atoms with Gasteiger partial charge in [0.25, 0.3) is 5.91 Å². The predicted octanol–water partition coefficient (Wildman–Crippen LogP) is 2.31. The van der Waals surface area contributed by atoms with Crippen LogP contribution in [-0.4, -0.2) is 26.6 Å². The average Bonchev–Trinajstić information content (AvgIpc) is 2.50. The van der Waals surface area contributed by atoms with Gasteiger partial charge in [-0.25, -0.2) is 17.2 Å². The van der Waals surface area contributed by atoms with Gasteiger partial charge in [0.15, 0.2) is 21.5 Å². The molecule has 0 spiro atoms. The molecule has 2 aromatic carbocycles. The van der Waals surface area contributed by atoms with Crippen molar-refractivity contribution >= 4 is 15.7 Å². The van der Waals surface area contributed by atoms with E-state index in [2.05, 4.69) is 5.32 Å². The van der Waals surface area contributed by atoms with Crippen molar-refractivity contribution in [2.75, 3.05) is 12.3 Å². The van der Waals surface area contributed by atoms with Gasteiger partial charge < -0.3 is 5.32 Å². The highest BCUT2D eigenvalue weighted by Gasteiger charge is 2.14. The van der Waals surface area contributed by atoms with E-state index in [4.69, 9.17) is 0 Å². The fraction of sp³-hybridized carbons (Fsp3) is 0.188. The van der Waals surface area contributed by atoms with Crippen molar-refractivity contribution in [2.45, 2.75) is 5.75 Å². The summed E-state index contributed by atoms with van der Waals surface area (Å²) in [6, 6.07) is 11.4. The molecule has 0 aliphatic heterocycles. The zero-order chi connectivity index (χ0) is 16.9. The summed E-state index contributed by atoms with van der Waals surface area (Å²) in [5.74, 6) is -3.19. The zero-order valence-electron chi connectivity index (χ0n) is 12.1. The lowest BCUT2D eigenvalue weighted by Crippen LogP contribution is -2.29. The van der Waals surface area contributed by atoms with E-state index in [1.54, 1.807) is 30.3 Å². The normalized spacial score (nSPS) is 11.2. The van der Waals surface area contributed by atoms with E-state index in [9.17, 15) is 22.0 Å². The van der Waals surface area contributed by atoms with Crippen LogP contribution >= 0.6 is 0 Å². The number of sulfone groups is 1. The number of halogens is 2. The molecule has 23 heavy (non-hydrogen) atoms. The third-order valence-corrected chi connectivity index (χ3v) is 4.71. The molecule has 0 atom stereocenters.